The molecule has 1 saturated heterocycles. The van der Waals surface area contributed by atoms with Gasteiger partial charge in [0.2, 0.25) is 15.9 Å². The van der Waals surface area contributed by atoms with Gasteiger partial charge in [-0.05, 0) is 48.5 Å². The van der Waals surface area contributed by atoms with Crippen LogP contribution in [0.4, 0.5) is 11.4 Å². The third kappa shape index (κ3) is 6.11. The highest BCUT2D eigenvalue weighted by molar-refractivity contribution is 7.92. The quantitative estimate of drug-likeness (QED) is 0.413. The first kappa shape index (κ1) is 27.9. The second-order valence-corrected chi connectivity index (χ2v) is 12.4. The van der Waals surface area contributed by atoms with Crippen LogP contribution in [0.1, 0.15) is 0 Å². The van der Waals surface area contributed by atoms with Crippen molar-refractivity contribution in [1.82, 2.24) is 4.31 Å². The van der Waals surface area contributed by atoms with Crippen LogP contribution in [0.3, 0.4) is 0 Å². The van der Waals surface area contributed by atoms with Crippen LogP contribution in [0.5, 0.6) is 5.75 Å². The number of sulfonamides is 2. The highest BCUT2D eigenvalue weighted by Gasteiger charge is 2.31. The van der Waals surface area contributed by atoms with Gasteiger partial charge in [-0.3, -0.25) is 9.10 Å². The van der Waals surface area contributed by atoms with Crippen molar-refractivity contribution in [3.63, 3.8) is 0 Å². The summed E-state index contributed by atoms with van der Waals surface area (Å²) in [6, 6.07) is 18.0. The summed E-state index contributed by atoms with van der Waals surface area (Å²) in [7, 11) is -6.72. The Labute approximate surface area is 226 Å². The van der Waals surface area contributed by atoms with E-state index in [2.05, 4.69) is 5.32 Å². The number of carbonyl (C=O) groups excluding carboxylic acids is 1. The molecule has 0 unspecified atom stereocenters. The highest BCUT2D eigenvalue weighted by Crippen LogP contribution is 2.31. The maximum Gasteiger partial charge on any atom is 0.264 e. The molecule has 3 aromatic carbocycles. The molecule has 38 heavy (non-hydrogen) atoms. The van der Waals surface area contributed by atoms with E-state index in [-0.39, 0.29) is 53.2 Å². The van der Waals surface area contributed by atoms with Crippen LogP contribution < -0.4 is 14.4 Å². The fourth-order valence-corrected chi connectivity index (χ4v) is 7.09. The molecule has 0 spiro atoms. The molecule has 1 N–H and O–H groups in total. The van der Waals surface area contributed by atoms with E-state index in [1.165, 1.54) is 53.9 Å². The minimum Gasteiger partial charge on any atom is -0.495 e. The number of hydrogen-bond donors (Lipinski definition) is 1. The summed E-state index contributed by atoms with van der Waals surface area (Å²) >= 11 is 6.10. The number of morpholine rings is 1. The van der Waals surface area contributed by atoms with Crippen molar-refractivity contribution >= 4 is 48.9 Å². The van der Waals surface area contributed by atoms with Gasteiger partial charge in [0, 0.05) is 23.8 Å². The van der Waals surface area contributed by atoms with Crippen molar-refractivity contribution in [2.45, 2.75) is 9.79 Å². The zero-order chi connectivity index (χ0) is 27.3. The number of hydrogen-bond acceptors (Lipinski definition) is 7. The second kappa shape index (κ2) is 11.7. The van der Waals surface area contributed by atoms with Gasteiger partial charge >= 0.3 is 0 Å². The second-order valence-electron chi connectivity index (χ2n) is 8.23. The van der Waals surface area contributed by atoms with Gasteiger partial charge in [-0.2, -0.15) is 4.31 Å². The van der Waals surface area contributed by atoms with E-state index < -0.39 is 32.5 Å². The Hall–Kier alpha value is -3.16. The number of nitrogens with zero attached hydrogens (tertiary/aromatic N) is 2. The number of halogens is 1. The van der Waals surface area contributed by atoms with Gasteiger partial charge in [-0.25, -0.2) is 16.8 Å². The molecule has 1 heterocycles. The summed E-state index contributed by atoms with van der Waals surface area (Å²) in [5.41, 5.74) is 0.354. The molecule has 1 aliphatic heterocycles. The maximum absolute atomic E-state index is 13.5. The Morgan fingerprint density at radius 3 is 2.37 bits per heavy atom. The minimum absolute atomic E-state index is 0.00360. The molecule has 1 fully saturated rings. The Morgan fingerprint density at radius 1 is 1.00 bits per heavy atom. The van der Waals surface area contributed by atoms with E-state index in [1.54, 1.807) is 30.3 Å². The van der Waals surface area contributed by atoms with Crippen molar-refractivity contribution in [2.24, 2.45) is 0 Å². The number of carbonyl (C=O) groups is 1. The van der Waals surface area contributed by atoms with Gasteiger partial charge in [-0.1, -0.05) is 35.9 Å². The molecule has 202 valence electrons. The summed E-state index contributed by atoms with van der Waals surface area (Å²) in [6.45, 7) is 0.331. The van der Waals surface area contributed by atoms with Crippen LogP contribution in [0.25, 0.3) is 0 Å². The first-order valence-corrected chi connectivity index (χ1v) is 14.8. The lowest BCUT2D eigenvalue weighted by atomic mass is 10.3. The fourth-order valence-electron chi connectivity index (χ4n) is 3.88. The van der Waals surface area contributed by atoms with E-state index in [1.807, 2.05) is 0 Å². The molecule has 0 atom stereocenters. The van der Waals surface area contributed by atoms with Crippen molar-refractivity contribution < 1.29 is 31.1 Å². The molecule has 1 aliphatic rings. The number of methoxy groups -OCH3 is 1. The molecule has 0 radical (unpaired) electrons. The number of rotatable bonds is 9. The largest absolute Gasteiger partial charge is 0.495 e. The minimum atomic E-state index is -4.14. The molecule has 0 saturated carbocycles. The van der Waals surface area contributed by atoms with Crippen LogP contribution in [0.2, 0.25) is 5.02 Å². The molecule has 13 heteroatoms. The first-order valence-electron chi connectivity index (χ1n) is 11.5. The molecule has 1 amide bonds. The van der Waals surface area contributed by atoms with Crippen LogP contribution in [0, 0.1) is 0 Å². The van der Waals surface area contributed by atoms with Crippen molar-refractivity contribution in [3.8, 4) is 5.75 Å². The normalized spacial score (nSPS) is 14.6. The van der Waals surface area contributed by atoms with Gasteiger partial charge in [0.25, 0.3) is 10.0 Å². The number of benzene rings is 3. The Kier molecular flexibility index (Phi) is 8.58. The zero-order valence-corrected chi connectivity index (χ0v) is 22.8. The number of ether oxygens (including phenoxy) is 2. The predicted molar refractivity (Wildman–Crippen MR) is 144 cm³/mol. The number of amides is 1. The van der Waals surface area contributed by atoms with Crippen LogP contribution in [-0.2, 0) is 29.6 Å². The van der Waals surface area contributed by atoms with E-state index in [0.717, 1.165) is 4.31 Å². The first-order chi connectivity index (χ1) is 18.1. The van der Waals surface area contributed by atoms with Crippen molar-refractivity contribution in [2.75, 3.05) is 49.6 Å². The van der Waals surface area contributed by atoms with Crippen LogP contribution in [-0.4, -0.2) is 67.0 Å². The van der Waals surface area contributed by atoms with Crippen molar-refractivity contribution in [1.29, 1.82) is 0 Å². The summed E-state index contributed by atoms with van der Waals surface area (Å²) < 4.78 is 66.2. The number of anilines is 2. The molecule has 10 nitrogen and oxygen atoms in total. The zero-order valence-electron chi connectivity index (χ0n) is 20.4. The monoisotopic (exact) mass is 579 g/mol. The third-order valence-electron chi connectivity index (χ3n) is 5.75. The van der Waals surface area contributed by atoms with E-state index in [0.29, 0.717) is 5.02 Å². The van der Waals surface area contributed by atoms with E-state index in [9.17, 15) is 21.6 Å². The highest BCUT2D eigenvalue weighted by atomic mass is 35.5. The standard InChI is InChI=1S/C25H26ClN3O7S2/c1-35-23-11-10-20(17-24(23)38(33,34)28-12-14-36-15-13-28)27-25(30)18-29(21-7-5-6-19(26)16-21)37(31,32)22-8-3-2-4-9-22/h2-11,16-17H,12-15,18H2,1H3,(H,27,30). The fraction of sp³-hybridized carbons (Fsp3) is 0.240. The van der Waals surface area contributed by atoms with Gasteiger partial charge in [0.1, 0.15) is 17.2 Å². The topological polar surface area (TPSA) is 122 Å². The Balaban J connectivity index is 1.63. The van der Waals surface area contributed by atoms with Crippen molar-refractivity contribution in [3.05, 3.63) is 77.8 Å². The lowest BCUT2D eigenvalue weighted by Crippen LogP contribution is -2.40. The van der Waals surface area contributed by atoms with Gasteiger partial charge in [0.15, 0.2) is 0 Å². The molecular formula is C25H26ClN3O7S2. The molecule has 0 bridgehead atoms. The molecule has 3 aromatic rings. The lowest BCUT2D eigenvalue weighted by molar-refractivity contribution is -0.114. The number of nitrogens with one attached hydrogen (secondary N) is 1. The molecule has 0 aromatic heterocycles. The van der Waals surface area contributed by atoms with Gasteiger partial charge < -0.3 is 14.8 Å². The Bertz CT molecular complexity index is 1510. The molecule has 0 aliphatic carbocycles. The summed E-state index contributed by atoms with van der Waals surface area (Å²) in [5.74, 6) is -0.578. The lowest BCUT2D eigenvalue weighted by Gasteiger charge is -2.27. The maximum atomic E-state index is 13.5. The van der Waals surface area contributed by atoms with E-state index in [4.69, 9.17) is 21.1 Å². The van der Waals surface area contributed by atoms with Crippen LogP contribution >= 0.6 is 11.6 Å². The third-order valence-corrected chi connectivity index (χ3v) is 9.69. The summed E-state index contributed by atoms with van der Waals surface area (Å²) in [6.07, 6.45) is 0. The van der Waals surface area contributed by atoms with E-state index >= 15 is 0 Å². The SMILES string of the molecule is COc1ccc(NC(=O)CN(c2cccc(Cl)c2)S(=O)(=O)c2ccccc2)cc1S(=O)(=O)N1CCOCC1. The average Bonchev–Trinajstić information content (AvgIpc) is 2.92. The molecule has 4 rings (SSSR count). The molecular weight excluding hydrogens is 554 g/mol. The smallest absolute Gasteiger partial charge is 0.264 e. The Morgan fingerprint density at radius 2 is 1.71 bits per heavy atom. The predicted octanol–water partition coefficient (Wildman–Crippen LogP) is 3.20. The summed E-state index contributed by atoms with van der Waals surface area (Å²) in [4.78, 5) is 13.0. The van der Waals surface area contributed by atoms with Gasteiger partial charge in [0.05, 0.1) is 30.9 Å². The van der Waals surface area contributed by atoms with Crippen LogP contribution in [0.15, 0.2) is 82.6 Å². The summed E-state index contributed by atoms with van der Waals surface area (Å²) in [5, 5.41) is 2.90. The average molecular weight is 580 g/mol. The van der Waals surface area contributed by atoms with Gasteiger partial charge in [-0.15, -0.1) is 0 Å².